The van der Waals surface area contributed by atoms with Crippen LogP contribution in [0, 0.1) is 0 Å². The van der Waals surface area contributed by atoms with E-state index < -0.39 is 18.1 Å². The average molecular weight is 924 g/mol. The van der Waals surface area contributed by atoms with Crippen molar-refractivity contribution in [1.29, 1.82) is 0 Å². The number of carbonyl (C=O) groups is 3. The lowest BCUT2D eigenvalue weighted by molar-refractivity contribution is -0.887. The van der Waals surface area contributed by atoms with Crippen LogP contribution in [0.25, 0.3) is 0 Å². The van der Waals surface area contributed by atoms with Gasteiger partial charge in [-0.25, -0.2) is 4.79 Å². The Morgan fingerprint density at radius 2 is 0.677 bits per heavy atom. The Kier molecular flexibility index (Phi) is 47.5. The first-order valence-electron chi connectivity index (χ1n) is 28.6. The zero-order valence-electron chi connectivity index (χ0n) is 44.2. The molecule has 0 heterocycles. The van der Waals surface area contributed by atoms with Gasteiger partial charge in [-0.1, -0.05) is 264 Å². The molecule has 65 heavy (non-hydrogen) atoms. The number of nitrogens with zero attached hydrogens (tertiary/aromatic N) is 1. The number of carboxylic acids is 1. The fraction of sp³-hybridized carbons (Fsp3) is 0.947. The summed E-state index contributed by atoms with van der Waals surface area (Å²) >= 11 is 0. The molecule has 0 amide bonds. The van der Waals surface area contributed by atoms with E-state index in [0.29, 0.717) is 19.3 Å². The van der Waals surface area contributed by atoms with Crippen LogP contribution in [-0.2, 0) is 28.6 Å². The topological polar surface area (TPSA) is 99.1 Å². The van der Waals surface area contributed by atoms with Crippen LogP contribution in [0.4, 0.5) is 0 Å². The van der Waals surface area contributed by atoms with Gasteiger partial charge in [-0.2, -0.15) is 0 Å². The molecule has 8 heteroatoms. The van der Waals surface area contributed by atoms with Crippen molar-refractivity contribution in [3.8, 4) is 0 Å². The maximum absolute atomic E-state index is 12.8. The predicted molar refractivity (Wildman–Crippen MR) is 276 cm³/mol. The lowest BCUT2D eigenvalue weighted by Gasteiger charge is -2.31. The van der Waals surface area contributed by atoms with Crippen molar-refractivity contribution in [2.75, 3.05) is 41.0 Å². The van der Waals surface area contributed by atoms with Crippen LogP contribution in [0.2, 0.25) is 0 Å². The lowest BCUT2D eigenvalue weighted by atomic mass is 10.0. The largest absolute Gasteiger partial charge is 0.477 e. The number of quaternary nitrogens is 1. The third-order valence-corrected chi connectivity index (χ3v) is 13.5. The van der Waals surface area contributed by atoms with Gasteiger partial charge in [0.2, 0.25) is 0 Å². The average Bonchev–Trinajstić information content (AvgIpc) is 3.27. The number of rotatable bonds is 53. The molecule has 0 aromatic carbocycles. The van der Waals surface area contributed by atoms with Crippen LogP contribution in [0.15, 0.2) is 0 Å². The van der Waals surface area contributed by atoms with Crippen LogP contribution in [0.1, 0.15) is 296 Å². The summed E-state index contributed by atoms with van der Waals surface area (Å²) in [7, 11) is 5.56. The summed E-state index contributed by atoms with van der Waals surface area (Å²) in [6.45, 7) is 4.82. The Labute approximate surface area is 404 Å². The minimum atomic E-state index is -0.868. The third-order valence-electron chi connectivity index (χ3n) is 13.5. The number of hydrogen-bond acceptors (Lipinski definition) is 6. The molecule has 0 spiro atoms. The molecule has 2 atom stereocenters. The van der Waals surface area contributed by atoms with Crippen LogP contribution in [0.5, 0.6) is 0 Å². The first-order valence-corrected chi connectivity index (χ1v) is 28.6. The van der Waals surface area contributed by atoms with Crippen molar-refractivity contribution in [2.24, 2.45) is 0 Å². The monoisotopic (exact) mass is 923 g/mol. The van der Waals surface area contributed by atoms with Crippen molar-refractivity contribution in [1.82, 2.24) is 0 Å². The molecule has 0 bridgehead atoms. The summed E-state index contributed by atoms with van der Waals surface area (Å²) in [5.41, 5.74) is 0. The van der Waals surface area contributed by atoms with E-state index in [1.165, 1.54) is 225 Å². The Hall–Kier alpha value is -1.67. The summed E-state index contributed by atoms with van der Waals surface area (Å²) in [5.74, 6) is -1.43. The molecule has 0 aliphatic heterocycles. The van der Waals surface area contributed by atoms with Gasteiger partial charge in [0.15, 0.2) is 12.1 Å². The lowest BCUT2D eigenvalue weighted by Crippen LogP contribution is -2.50. The highest BCUT2D eigenvalue weighted by atomic mass is 16.6. The van der Waals surface area contributed by atoms with E-state index in [9.17, 15) is 19.5 Å². The van der Waals surface area contributed by atoms with Gasteiger partial charge in [0.1, 0.15) is 6.61 Å². The number of hydrogen-bond donors (Lipinski definition) is 1. The van der Waals surface area contributed by atoms with E-state index in [1.807, 2.05) is 21.1 Å². The maximum atomic E-state index is 12.8. The molecule has 0 rings (SSSR count). The molecule has 0 radical (unpaired) electrons. The molecular weight excluding hydrogens is 811 g/mol. The van der Waals surface area contributed by atoms with E-state index in [2.05, 4.69) is 13.8 Å². The zero-order valence-corrected chi connectivity index (χ0v) is 44.2. The van der Waals surface area contributed by atoms with Crippen LogP contribution in [0.3, 0.4) is 0 Å². The van der Waals surface area contributed by atoms with E-state index in [0.717, 1.165) is 38.5 Å². The van der Waals surface area contributed by atoms with Crippen LogP contribution < -0.4 is 0 Å². The Morgan fingerprint density at radius 1 is 0.400 bits per heavy atom. The summed E-state index contributed by atoms with van der Waals surface area (Å²) in [5, 5.41) is 9.67. The molecule has 0 saturated heterocycles. The third kappa shape index (κ3) is 47.2. The second kappa shape index (κ2) is 48.8. The normalized spacial score (nSPS) is 12.7. The first-order chi connectivity index (χ1) is 31.6. The quantitative estimate of drug-likeness (QED) is 0.0368. The van der Waals surface area contributed by atoms with Gasteiger partial charge in [-0.05, 0) is 12.8 Å². The van der Waals surface area contributed by atoms with Crippen molar-refractivity contribution in [3.63, 3.8) is 0 Å². The Morgan fingerprint density at radius 3 is 0.954 bits per heavy atom. The molecule has 0 aromatic heterocycles. The van der Waals surface area contributed by atoms with Gasteiger partial charge in [-0.3, -0.25) is 9.59 Å². The van der Waals surface area contributed by atoms with E-state index >= 15 is 0 Å². The zero-order chi connectivity index (χ0) is 47.7. The van der Waals surface area contributed by atoms with Crippen LogP contribution >= 0.6 is 0 Å². The fourth-order valence-electron chi connectivity index (χ4n) is 9.10. The number of esters is 2. The fourth-order valence-corrected chi connectivity index (χ4v) is 9.10. The number of carboxylic acid groups (broad SMARTS) is 1. The van der Waals surface area contributed by atoms with Gasteiger partial charge < -0.3 is 23.8 Å². The van der Waals surface area contributed by atoms with E-state index in [1.54, 1.807) is 0 Å². The molecule has 0 aliphatic carbocycles. The van der Waals surface area contributed by atoms with Gasteiger partial charge in [0.25, 0.3) is 0 Å². The molecule has 8 nitrogen and oxygen atoms in total. The first kappa shape index (κ1) is 63.3. The number of unbranched alkanes of at least 4 members (excludes halogenated alkanes) is 39. The SMILES string of the molecule is CCCCCCCCCCCCCCCCCCCCCCCCC(=O)OC(COCCC(C(=O)O)[N+](C)(C)C)COC(=O)CCCCCCCCCCCCCCCCCCCCC. The summed E-state index contributed by atoms with van der Waals surface area (Å²) < 4.78 is 17.4. The second-order valence-electron chi connectivity index (χ2n) is 20.9. The standard InChI is InChI=1S/C57H111NO7/c1-6-8-10-12-14-16-18-20-22-24-26-27-28-30-32-34-36-38-40-42-44-46-48-56(60)65-53(51-63-50-49-54(57(61)62)58(3,4)5)52-64-55(59)47-45-43-41-39-37-35-33-31-29-25-23-21-19-17-15-13-11-9-7-2/h53-54H,6-52H2,1-5H3/p+1. The van der Waals surface area contributed by atoms with Gasteiger partial charge in [0.05, 0.1) is 34.4 Å². The Balaban J connectivity index is 4.11. The number of likely N-dealkylation sites (N-methyl/N-ethyl adjacent to an activating group) is 1. The number of ether oxygens (including phenoxy) is 3. The van der Waals surface area contributed by atoms with Crippen molar-refractivity contribution in [3.05, 3.63) is 0 Å². The molecule has 0 aromatic rings. The maximum Gasteiger partial charge on any atom is 0.362 e. The molecular formula is C57H112NO7+. The molecule has 386 valence electrons. The van der Waals surface area contributed by atoms with Crippen molar-refractivity contribution in [2.45, 2.75) is 309 Å². The molecule has 0 fully saturated rings. The predicted octanol–water partition coefficient (Wildman–Crippen LogP) is 16.8. The summed E-state index contributed by atoms with van der Waals surface area (Å²) in [6.07, 6.45) is 54.5. The summed E-state index contributed by atoms with van der Waals surface area (Å²) in [4.78, 5) is 37.3. The molecule has 0 aliphatic rings. The second-order valence-corrected chi connectivity index (χ2v) is 20.9. The smallest absolute Gasteiger partial charge is 0.362 e. The highest BCUT2D eigenvalue weighted by Crippen LogP contribution is 2.18. The summed E-state index contributed by atoms with van der Waals surface area (Å²) in [6, 6.07) is -0.609. The van der Waals surface area contributed by atoms with Crippen molar-refractivity contribution < 1.29 is 38.2 Å². The molecule has 1 N–H and O–H groups in total. The minimum absolute atomic E-state index is 0.0409. The molecule has 2 unspecified atom stereocenters. The van der Waals surface area contributed by atoms with Crippen molar-refractivity contribution >= 4 is 17.9 Å². The van der Waals surface area contributed by atoms with Gasteiger partial charge in [-0.15, -0.1) is 0 Å². The van der Waals surface area contributed by atoms with Crippen LogP contribution in [-0.4, -0.2) is 80.6 Å². The van der Waals surface area contributed by atoms with E-state index in [4.69, 9.17) is 14.2 Å². The highest BCUT2D eigenvalue weighted by molar-refractivity contribution is 5.72. The highest BCUT2D eigenvalue weighted by Gasteiger charge is 2.31. The Bertz CT molecular complexity index is 1030. The molecule has 0 saturated carbocycles. The minimum Gasteiger partial charge on any atom is -0.477 e. The number of carbonyl (C=O) groups excluding carboxylic acids is 2. The van der Waals surface area contributed by atoms with E-state index in [-0.39, 0.29) is 36.2 Å². The number of aliphatic carboxylic acids is 1. The van der Waals surface area contributed by atoms with Gasteiger partial charge >= 0.3 is 17.9 Å². The van der Waals surface area contributed by atoms with Gasteiger partial charge in [0, 0.05) is 19.3 Å².